The molecule has 2 rings (SSSR count). The standard InChI is InChI=1S/C15H22N2O2/c1-10-11-6-5-7-13(16)12(11)8-9-17(10)14(18)19-15(2,3)4/h5-7,10H,8-9,16H2,1-4H3. The number of fused-ring (bicyclic) bond motifs is 1. The Balaban J connectivity index is 2.22. The molecule has 0 bridgehead atoms. The van der Waals surface area contributed by atoms with Crippen LogP contribution in [0.1, 0.15) is 44.9 Å². The van der Waals surface area contributed by atoms with E-state index >= 15 is 0 Å². The molecule has 0 fully saturated rings. The molecule has 0 aliphatic carbocycles. The quantitative estimate of drug-likeness (QED) is 0.731. The smallest absolute Gasteiger partial charge is 0.410 e. The number of carbonyl (C=O) groups is 1. The number of amides is 1. The van der Waals surface area contributed by atoms with Crippen molar-refractivity contribution in [1.29, 1.82) is 0 Å². The molecule has 0 aromatic heterocycles. The molecule has 0 saturated carbocycles. The molecule has 0 saturated heterocycles. The zero-order valence-electron chi connectivity index (χ0n) is 12.1. The molecule has 19 heavy (non-hydrogen) atoms. The summed E-state index contributed by atoms with van der Waals surface area (Å²) in [5, 5.41) is 0. The summed E-state index contributed by atoms with van der Waals surface area (Å²) in [7, 11) is 0. The van der Waals surface area contributed by atoms with Gasteiger partial charge in [0.1, 0.15) is 5.60 Å². The van der Waals surface area contributed by atoms with Crippen molar-refractivity contribution in [2.75, 3.05) is 12.3 Å². The molecule has 1 unspecified atom stereocenters. The summed E-state index contributed by atoms with van der Waals surface area (Å²) in [6.07, 6.45) is 0.527. The van der Waals surface area contributed by atoms with Crippen molar-refractivity contribution < 1.29 is 9.53 Å². The summed E-state index contributed by atoms with van der Waals surface area (Å²) in [5.74, 6) is 0. The largest absolute Gasteiger partial charge is 0.444 e. The average molecular weight is 262 g/mol. The normalized spacial score (nSPS) is 18.9. The molecular weight excluding hydrogens is 240 g/mol. The molecule has 4 heteroatoms. The highest BCUT2D eigenvalue weighted by atomic mass is 16.6. The van der Waals surface area contributed by atoms with Crippen molar-refractivity contribution in [3.63, 3.8) is 0 Å². The number of benzene rings is 1. The predicted molar refractivity (Wildman–Crippen MR) is 75.9 cm³/mol. The molecule has 0 radical (unpaired) electrons. The first-order valence-electron chi connectivity index (χ1n) is 6.66. The fourth-order valence-electron chi connectivity index (χ4n) is 2.47. The third-order valence-electron chi connectivity index (χ3n) is 3.40. The highest BCUT2D eigenvalue weighted by Gasteiger charge is 2.31. The molecule has 2 N–H and O–H groups in total. The zero-order valence-corrected chi connectivity index (χ0v) is 12.1. The predicted octanol–water partition coefficient (Wildman–Crippen LogP) is 3.12. The second-order valence-electron chi connectivity index (χ2n) is 6.01. The van der Waals surface area contributed by atoms with Crippen LogP contribution in [0.4, 0.5) is 10.5 Å². The third kappa shape index (κ3) is 2.83. The van der Waals surface area contributed by atoms with Gasteiger partial charge in [0.05, 0.1) is 6.04 Å². The highest BCUT2D eigenvalue weighted by Crippen LogP contribution is 2.33. The molecular formula is C15H22N2O2. The molecule has 1 aliphatic rings. The first-order chi connectivity index (χ1) is 8.79. The van der Waals surface area contributed by atoms with E-state index in [0.717, 1.165) is 23.2 Å². The van der Waals surface area contributed by atoms with Gasteiger partial charge in [-0.1, -0.05) is 12.1 Å². The Hall–Kier alpha value is -1.71. The van der Waals surface area contributed by atoms with Crippen LogP contribution in [-0.4, -0.2) is 23.1 Å². The maximum absolute atomic E-state index is 12.2. The Morgan fingerprint density at radius 3 is 2.74 bits per heavy atom. The minimum Gasteiger partial charge on any atom is -0.444 e. The fourth-order valence-corrected chi connectivity index (χ4v) is 2.47. The first-order valence-corrected chi connectivity index (χ1v) is 6.66. The Labute approximate surface area is 114 Å². The zero-order chi connectivity index (χ0) is 14.2. The van der Waals surface area contributed by atoms with Crippen LogP contribution in [0.2, 0.25) is 0 Å². The summed E-state index contributed by atoms with van der Waals surface area (Å²) in [6.45, 7) is 8.31. The summed E-state index contributed by atoms with van der Waals surface area (Å²) in [4.78, 5) is 14.0. The second kappa shape index (κ2) is 4.76. The summed E-state index contributed by atoms with van der Waals surface area (Å²) in [5.41, 5.74) is 8.62. The number of rotatable bonds is 0. The number of carbonyl (C=O) groups excluding carboxylic acids is 1. The van der Waals surface area contributed by atoms with E-state index in [9.17, 15) is 4.79 Å². The lowest BCUT2D eigenvalue weighted by atomic mass is 9.92. The number of nitrogen functional groups attached to an aromatic ring is 1. The number of nitrogens with two attached hydrogens (primary N) is 1. The minimum absolute atomic E-state index is 0.00194. The topological polar surface area (TPSA) is 55.6 Å². The van der Waals surface area contributed by atoms with Gasteiger partial charge in [-0.25, -0.2) is 4.79 Å². The Morgan fingerprint density at radius 1 is 1.42 bits per heavy atom. The van der Waals surface area contributed by atoms with Gasteiger partial charge >= 0.3 is 6.09 Å². The molecule has 1 aromatic carbocycles. The average Bonchev–Trinajstić information content (AvgIpc) is 2.28. The van der Waals surface area contributed by atoms with E-state index in [0.29, 0.717) is 6.54 Å². The Kier molecular flexibility index (Phi) is 3.43. The van der Waals surface area contributed by atoms with E-state index in [1.165, 1.54) is 0 Å². The number of ether oxygens (including phenoxy) is 1. The van der Waals surface area contributed by atoms with Crippen LogP contribution in [0.15, 0.2) is 18.2 Å². The summed E-state index contributed by atoms with van der Waals surface area (Å²) < 4.78 is 5.45. The monoisotopic (exact) mass is 262 g/mol. The highest BCUT2D eigenvalue weighted by molar-refractivity contribution is 5.70. The molecule has 4 nitrogen and oxygen atoms in total. The van der Waals surface area contributed by atoms with Crippen molar-refractivity contribution >= 4 is 11.8 Å². The van der Waals surface area contributed by atoms with Crippen molar-refractivity contribution in [3.8, 4) is 0 Å². The number of anilines is 1. The first kappa shape index (κ1) is 13.7. The molecule has 0 spiro atoms. The lowest BCUT2D eigenvalue weighted by Gasteiger charge is -2.36. The lowest BCUT2D eigenvalue weighted by Crippen LogP contribution is -2.42. The molecule has 1 amide bonds. The van der Waals surface area contributed by atoms with Crippen molar-refractivity contribution in [3.05, 3.63) is 29.3 Å². The lowest BCUT2D eigenvalue weighted by molar-refractivity contribution is 0.0160. The minimum atomic E-state index is -0.465. The van der Waals surface area contributed by atoms with Gasteiger partial charge in [0, 0.05) is 12.2 Å². The van der Waals surface area contributed by atoms with E-state index in [1.807, 2.05) is 45.9 Å². The van der Waals surface area contributed by atoms with E-state index in [-0.39, 0.29) is 12.1 Å². The molecule has 1 aliphatic heterocycles. The van der Waals surface area contributed by atoms with Crippen LogP contribution in [-0.2, 0) is 11.2 Å². The van der Waals surface area contributed by atoms with Gasteiger partial charge in [-0.3, -0.25) is 0 Å². The third-order valence-corrected chi connectivity index (χ3v) is 3.40. The van der Waals surface area contributed by atoms with Crippen molar-refractivity contribution in [1.82, 2.24) is 4.90 Å². The summed E-state index contributed by atoms with van der Waals surface area (Å²) >= 11 is 0. The van der Waals surface area contributed by atoms with E-state index < -0.39 is 5.60 Å². The van der Waals surface area contributed by atoms with Gasteiger partial charge in [-0.05, 0) is 51.3 Å². The van der Waals surface area contributed by atoms with Gasteiger partial charge in [0.2, 0.25) is 0 Å². The molecule has 1 atom stereocenters. The molecule has 1 aromatic rings. The second-order valence-corrected chi connectivity index (χ2v) is 6.01. The van der Waals surface area contributed by atoms with Crippen LogP contribution in [0.3, 0.4) is 0 Å². The van der Waals surface area contributed by atoms with Crippen molar-refractivity contribution in [2.24, 2.45) is 0 Å². The van der Waals surface area contributed by atoms with Gasteiger partial charge in [-0.2, -0.15) is 0 Å². The Morgan fingerprint density at radius 2 is 2.11 bits per heavy atom. The van der Waals surface area contributed by atoms with Crippen LogP contribution in [0, 0.1) is 0 Å². The number of hydrogen-bond donors (Lipinski definition) is 1. The van der Waals surface area contributed by atoms with E-state index in [2.05, 4.69) is 0 Å². The summed E-state index contributed by atoms with van der Waals surface area (Å²) in [6, 6.07) is 5.88. The van der Waals surface area contributed by atoms with Gasteiger partial charge in [0.25, 0.3) is 0 Å². The van der Waals surface area contributed by atoms with Crippen molar-refractivity contribution in [2.45, 2.75) is 45.8 Å². The van der Waals surface area contributed by atoms with Gasteiger partial charge in [0.15, 0.2) is 0 Å². The van der Waals surface area contributed by atoms with Crippen LogP contribution < -0.4 is 5.73 Å². The fraction of sp³-hybridized carbons (Fsp3) is 0.533. The van der Waals surface area contributed by atoms with Crippen LogP contribution in [0.25, 0.3) is 0 Å². The van der Waals surface area contributed by atoms with E-state index in [1.54, 1.807) is 4.90 Å². The van der Waals surface area contributed by atoms with Crippen LogP contribution >= 0.6 is 0 Å². The SMILES string of the molecule is CC1c2cccc(N)c2CCN1C(=O)OC(C)(C)C. The maximum Gasteiger partial charge on any atom is 0.410 e. The van der Waals surface area contributed by atoms with E-state index in [4.69, 9.17) is 10.5 Å². The maximum atomic E-state index is 12.2. The number of hydrogen-bond acceptors (Lipinski definition) is 3. The van der Waals surface area contributed by atoms with Crippen LogP contribution in [0.5, 0.6) is 0 Å². The molecule has 104 valence electrons. The number of nitrogens with zero attached hydrogens (tertiary/aromatic N) is 1. The molecule has 1 heterocycles. The Bertz CT molecular complexity index is 491. The van der Waals surface area contributed by atoms with Gasteiger partial charge < -0.3 is 15.4 Å². The van der Waals surface area contributed by atoms with Gasteiger partial charge in [-0.15, -0.1) is 0 Å².